The van der Waals surface area contributed by atoms with Crippen molar-refractivity contribution in [3.63, 3.8) is 0 Å². The second-order valence-corrected chi connectivity index (χ2v) is 5.78. The van der Waals surface area contributed by atoms with E-state index in [1.54, 1.807) is 0 Å². The van der Waals surface area contributed by atoms with Crippen molar-refractivity contribution in [2.45, 2.75) is 32.7 Å². The first kappa shape index (κ1) is 13.1. The minimum atomic E-state index is 0.427. The summed E-state index contributed by atoms with van der Waals surface area (Å²) in [6.07, 6.45) is 3.60. The number of rotatable bonds is 3. The molecule has 3 rings (SSSR count). The first-order valence-corrected chi connectivity index (χ1v) is 7.46. The Morgan fingerprint density at radius 1 is 1.40 bits per heavy atom. The number of aliphatic imine (C=N–C) groups is 1. The van der Waals surface area contributed by atoms with Crippen LogP contribution in [0.15, 0.2) is 23.2 Å². The molecule has 2 aromatic rings. The number of nitrogens with one attached hydrogen (secondary N) is 1. The third-order valence-electron chi connectivity index (χ3n) is 3.51. The van der Waals surface area contributed by atoms with E-state index in [1.165, 1.54) is 35.5 Å². The van der Waals surface area contributed by atoms with E-state index in [2.05, 4.69) is 38.1 Å². The van der Waals surface area contributed by atoms with Crippen LogP contribution in [0, 0.1) is 6.92 Å². The van der Waals surface area contributed by atoms with Crippen molar-refractivity contribution in [2.24, 2.45) is 10.7 Å². The molecule has 0 unspecified atom stereocenters. The molecule has 0 atom stereocenters. The lowest BCUT2D eigenvalue weighted by atomic mass is 10.1. The Morgan fingerprint density at radius 3 is 3.05 bits per heavy atom. The summed E-state index contributed by atoms with van der Waals surface area (Å²) in [4.78, 5) is 5.38. The van der Waals surface area contributed by atoms with Crippen LogP contribution in [0.3, 0.4) is 0 Å². The third-order valence-corrected chi connectivity index (χ3v) is 4.32. The third kappa shape index (κ3) is 2.80. The highest BCUT2D eigenvalue weighted by atomic mass is 32.1. The maximum Gasteiger partial charge on any atom is 0.193 e. The molecular weight excluding hydrogens is 270 g/mol. The maximum absolute atomic E-state index is 5.92. The van der Waals surface area contributed by atoms with Gasteiger partial charge < -0.3 is 11.1 Å². The van der Waals surface area contributed by atoms with Gasteiger partial charge in [0.05, 0.1) is 17.1 Å². The van der Waals surface area contributed by atoms with E-state index in [0.717, 1.165) is 22.7 Å². The summed E-state index contributed by atoms with van der Waals surface area (Å²) in [5.74, 6) is 0.427. The Morgan fingerprint density at radius 2 is 2.25 bits per heavy atom. The average molecular weight is 287 g/mol. The largest absolute Gasteiger partial charge is 0.370 e. The summed E-state index contributed by atoms with van der Waals surface area (Å²) in [6.45, 7) is 2.45. The lowest BCUT2D eigenvalue weighted by Gasteiger charge is -2.07. The molecule has 5 nitrogen and oxygen atoms in total. The summed E-state index contributed by atoms with van der Waals surface area (Å²) in [6, 6.07) is 6.41. The predicted octanol–water partition coefficient (Wildman–Crippen LogP) is 2.26. The molecule has 20 heavy (non-hydrogen) atoms. The normalized spacial score (nSPS) is 14.3. The topological polar surface area (TPSA) is 76.2 Å². The van der Waals surface area contributed by atoms with Crippen molar-refractivity contribution in [1.82, 2.24) is 9.59 Å². The fourth-order valence-corrected chi connectivity index (χ4v) is 2.95. The molecular formula is C14H17N5S. The fourth-order valence-electron chi connectivity index (χ4n) is 2.39. The van der Waals surface area contributed by atoms with Gasteiger partial charge in [0, 0.05) is 5.69 Å². The summed E-state index contributed by atoms with van der Waals surface area (Å²) >= 11 is 1.36. The van der Waals surface area contributed by atoms with Gasteiger partial charge in [0.25, 0.3) is 0 Å². The number of fused-ring (bicyclic) bond motifs is 1. The molecule has 104 valence electrons. The number of nitrogens with two attached hydrogens (primary N) is 1. The summed E-state index contributed by atoms with van der Waals surface area (Å²) in [5, 5.41) is 7.10. The van der Waals surface area contributed by atoms with Gasteiger partial charge in [-0.2, -0.15) is 0 Å². The van der Waals surface area contributed by atoms with Crippen LogP contribution in [0.5, 0.6) is 0 Å². The standard InChI is InChI=1S/C14H17N5S/c1-9-13(20-19-18-9)8-16-14(15)17-12-6-5-10-3-2-4-11(10)7-12/h5-7H,2-4,8H2,1H3,(H3,15,16,17). The van der Waals surface area contributed by atoms with Crippen LogP contribution in [-0.4, -0.2) is 15.5 Å². The van der Waals surface area contributed by atoms with Crippen molar-refractivity contribution >= 4 is 23.2 Å². The summed E-state index contributed by atoms with van der Waals surface area (Å²) < 4.78 is 3.88. The Bertz CT molecular complexity index is 647. The number of aromatic nitrogens is 2. The van der Waals surface area contributed by atoms with Crippen LogP contribution in [0.25, 0.3) is 0 Å². The molecule has 0 spiro atoms. The van der Waals surface area contributed by atoms with E-state index in [0.29, 0.717) is 12.5 Å². The number of aryl methyl sites for hydroxylation is 3. The second-order valence-electron chi connectivity index (χ2n) is 4.95. The van der Waals surface area contributed by atoms with Crippen LogP contribution in [0.1, 0.15) is 28.1 Å². The van der Waals surface area contributed by atoms with Crippen molar-refractivity contribution in [2.75, 3.05) is 5.32 Å². The first-order chi connectivity index (χ1) is 9.72. The molecule has 1 aromatic heterocycles. The lowest BCUT2D eigenvalue weighted by Crippen LogP contribution is -2.22. The molecule has 1 aliphatic carbocycles. The SMILES string of the molecule is Cc1nnsc1CN=C(N)Nc1ccc2c(c1)CCC2. The molecule has 0 saturated heterocycles. The molecule has 6 heteroatoms. The smallest absolute Gasteiger partial charge is 0.193 e. The molecule has 0 saturated carbocycles. The van der Waals surface area contributed by atoms with Gasteiger partial charge in [0.1, 0.15) is 0 Å². The van der Waals surface area contributed by atoms with Gasteiger partial charge in [-0.3, -0.25) is 0 Å². The predicted molar refractivity (Wildman–Crippen MR) is 82.1 cm³/mol. The van der Waals surface area contributed by atoms with Gasteiger partial charge in [0.15, 0.2) is 5.96 Å². The van der Waals surface area contributed by atoms with Gasteiger partial charge in [-0.1, -0.05) is 10.6 Å². The maximum atomic E-state index is 5.92. The molecule has 1 aromatic carbocycles. The van der Waals surface area contributed by atoms with E-state index in [9.17, 15) is 0 Å². The Balaban J connectivity index is 1.66. The summed E-state index contributed by atoms with van der Waals surface area (Å²) in [7, 11) is 0. The molecule has 0 aliphatic heterocycles. The van der Waals surface area contributed by atoms with Gasteiger partial charge in [-0.05, 0) is 61.0 Å². The Kier molecular flexibility index (Phi) is 3.64. The van der Waals surface area contributed by atoms with Crippen LogP contribution in [-0.2, 0) is 19.4 Å². The van der Waals surface area contributed by atoms with E-state index in [4.69, 9.17) is 5.73 Å². The highest BCUT2D eigenvalue weighted by Crippen LogP contribution is 2.24. The Hall–Kier alpha value is -1.95. The second kappa shape index (κ2) is 5.58. The van der Waals surface area contributed by atoms with Crippen LogP contribution in [0.4, 0.5) is 5.69 Å². The van der Waals surface area contributed by atoms with E-state index in [-0.39, 0.29) is 0 Å². The Labute approximate surface area is 122 Å². The first-order valence-electron chi connectivity index (χ1n) is 6.69. The van der Waals surface area contributed by atoms with E-state index >= 15 is 0 Å². The molecule has 0 radical (unpaired) electrons. The van der Waals surface area contributed by atoms with Crippen molar-refractivity contribution in [3.8, 4) is 0 Å². The molecule has 3 N–H and O–H groups in total. The number of guanidine groups is 1. The number of anilines is 1. The molecule has 0 bridgehead atoms. The molecule has 1 aliphatic rings. The zero-order valence-corrected chi connectivity index (χ0v) is 12.2. The van der Waals surface area contributed by atoms with Gasteiger partial charge in [-0.15, -0.1) is 5.10 Å². The number of hydrogen-bond acceptors (Lipinski definition) is 4. The summed E-state index contributed by atoms with van der Waals surface area (Å²) in [5.41, 5.74) is 10.7. The minimum Gasteiger partial charge on any atom is -0.370 e. The average Bonchev–Trinajstić information content (AvgIpc) is 3.04. The van der Waals surface area contributed by atoms with Gasteiger partial charge in [0.2, 0.25) is 0 Å². The highest BCUT2D eigenvalue weighted by molar-refractivity contribution is 7.05. The number of hydrogen-bond donors (Lipinski definition) is 2. The highest BCUT2D eigenvalue weighted by Gasteiger charge is 2.10. The van der Waals surface area contributed by atoms with Crippen LogP contribution < -0.4 is 11.1 Å². The number of nitrogens with zero attached hydrogens (tertiary/aromatic N) is 3. The zero-order chi connectivity index (χ0) is 13.9. The molecule has 0 fully saturated rings. The van der Waals surface area contributed by atoms with Crippen LogP contribution in [0.2, 0.25) is 0 Å². The number of benzene rings is 1. The minimum absolute atomic E-state index is 0.427. The van der Waals surface area contributed by atoms with Crippen molar-refractivity contribution in [3.05, 3.63) is 39.9 Å². The van der Waals surface area contributed by atoms with Crippen LogP contribution >= 0.6 is 11.5 Å². The van der Waals surface area contributed by atoms with E-state index < -0.39 is 0 Å². The van der Waals surface area contributed by atoms with Gasteiger partial charge >= 0.3 is 0 Å². The fraction of sp³-hybridized carbons (Fsp3) is 0.357. The van der Waals surface area contributed by atoms with Crippen molar-refractivity contribution in [1.29, 1.82) is 0 Å². The quantitative estimate of drug-likeness (QED) is 0.670. The van der Waals surface area contributed by atoms with Gasteiger partial charge in [-0.25, -0.2) is 4.99 Å². The monoisotopic (exact) mass is 287 g/mol. The van der Waals surface area contributed by atoms with E-state index in [1.807, 2.05) is 6.92 Å². The van der Waals surface area contributed by atoms with Crippen molar-refractivity contribution < 1.29 is 0 Å². The molecule has 1 heterocycles. The zero-order valence-electron chi connectivity index (χ0n) is 11.4. The molecule has 0 amide bonds. The lowest BCUT2D eigenvalue weighted by molar-refractivity contribution is 0.912.